The first-order valence-corrected chi connectivity index (χ1v) is 6.62. The number of hydrogen-bond acceptors (Lipinski definition) is 3. The van der Waals surface area contributed by atoms with Crippen LogP contribution in [0.15, 0.2) is 30.5 Å². The fourth-order valence-corrected chi connectivity index (χ4v) is 2.57. The molecule has 4 nitrogen and oxygen atoms in total. The van der Waals surface area contributed by atoms with Gasteiger partial charge in [-0.3, -0.25) is 0 Å². The zero-order valence-corrected chi connectivity index (χ0v) is 10.9. The van der Waals surface area contributed by atoms with E-state index in [1.54, 1.807) is 6.20 Å². The molecule has 1 aliphatic heterocycles. The number of aryl methyl sites for hydroxylation is 1. The normalized spacial score (nSPS) is 13.3. The third kappa shape index (κ3) is 2.03. The van der Waals surface area contributed by atoms with Crippen molar-refractivity contribution in [3.05, 3.63) is 41.7 Å². The maximum atomic E-state index is 11.9. The molecule has 0 fully saturated rings. The molecule has 0 amide bonds. The van der Waals surface area contributed by atoms with Crippen molar-refractivity contribution in [2.24, 2.45) is 0 Å². The molecule has 0 spiro atoms. The first kappa shape index (κ1) is 12.0. The lowest BCUT2D eigenvalue weighted by atomic mass is 10.0. The number of ether oxygens (including phenoxy) is 1. The smallest absolute Gasteiger partial charge is 0.356 e. The summed E-state index contributed by atoms with van der Waals surface area (Å²) in [4.78, 5) is 16.3. The van der Waals surface area contributed by atoms with Gasteiger partial charge in [-0.25, -0.2) is 9.78 Å². The molecule has 0 N–H and O–H groups in total. The van der Waals surface area contributed by atoms with Crippen molar-refractivity contribution in [3.8, 4) is 11.4 Å². The van der Waals surface area contributed by atoms with Crippen molar-refractivity contribution in [1.82, 2.24) is 9.55 Å². The van der Waals surface area contributed by atoms with Crippen LogP contribution in [-0.2, 0) is 17.7 Å². The zero-order chi connectivity index (χ0) is 13.2. The molecular weight excluding hydrogens is 240 g/mol. The highest BCUT2D eigenvalue weighted by atomic mass is 16.5. The summed E-state index contributed by atoms with van der Waals surface area (Å²) in [5.74, 6) is 0.580. The Labute approximate surface area is 112 Å². The third-order valence-electron chi connectivity index (χ3n) is 3.43. The average Bonchev–Trinajstić information content (AvgIpc) is 2.75. The summed E-state index contributed by atoms with van der Waals surface area (Å²) in [6.07, 6.45) is 3.64. The molecule has 0 saturated heterocycles. The van der Waals surface area contributed by atoms with Crippen molar-refractivity contribution in [3.63, 3.8) is 0 Å². The Bertz CT molecular complexity index is 616. The molecule has 4 heteroatoms. The summed E-state index contributed by atoms with van der Waals surface area (Å²) in [5.41, 5.74) is 2.96. The number of fused-ring (bicyclic) bond motifs is 3. The second-order valence-corrected chi connectivity index (χ2v) is 4.60. The maximum Gasteiger partial charge on any atom is 0.356 e. The predicted octanol–water partition coefficient (Wildman–Crippen LogP) is 2.67. The molecule has 0 atom stereocenters. The van der Waals surface area contributed by atoms with Gasteiger partial charge in [0.2, 0.25) is 0 Å². The van der Waals surface area contributed by atoms with Gasteiger partial charge in [-0.05, 0) is 25.3 Å². The zero-order valence-electron chi connectivity index (χ0n) is 10.9. The van der Waals surface area contributed by atoms with Gasteiger partial charge in [0.1, 0.15) is 11.5 Å². The molecule has 0 aliphatic carbocycles. The lowest BCUT2D eigenvalue weighted by Gasteiger charge is -2.08. The third-order valence-corrected chi connectivity index (χ3v) is 3.43. The molecule has 0 unspecified atom stereocenters. The van der Waals surface area contributed by atoms with E-state index in [0.717, 1.165) is 30.8 Å². The summed E-state index contributed by atoms with van der Waals surface area (Å²) in [6.45, 7) is 3.00. The topological polar surface area (TPSA) is 44.1 Å². The maximum absolute atomic E-state index is 11.9. The highest BCUT2D eigenvalue weighted by Gasteiger charge is 2.21. The fourth-order valence-electron chi connectivity index (χ4n) is 2.57. The van der Waals surface area contributed by atoms with E-state index in [4.69, 9.17) is 4.74 Å². The van der Waals surface area contributed by atoms with E-state index < -0.39 is 0 Å². The molecule has 98 valence electrons. The minimum absolute atomic E-state index is 0.291. The SMILES string of the molecule is CCOC(=O)c1cnc2n1CCCc1ccccc1-2. The van der Waals surface area contributed by atoms with Gasteiger partial charge in [0.25, 0.3) is 0 Å². The largest absolute Gasteiger partial charge is 0.461 e. The van der Waals surface area contributed by atoms with Crippen molar-refractivity contribution in [2.45, 2.75) is 26.3 Å². The predicted molar refractivity (Wildman–Crippen MR) is 71.9 cm³/mol. The minimum atomic E-state index is -0.291. The van der Waals surface area contributed by atoms with Crippen molar-refractivity contribution >= 4 is 5.97 Å². The first-order chi connectivity index (χ1) is 9.31. The van der Waals surface area contributed by atoms with Crippen LogP contribution in [-0.4, -0.2) is 22.1 Å². The van der Waals surface area contributed by atoms with E-state index in [-0.39, 0.29) is 5.97 Å². The van der Waals surface area contributed by atoms with Gasteiger partial charge in [-0.2, -0.15) is 0 Å². The quantitative estimate of drug-likeness (QED) is 0.776. The van der Waals surface area contributed by atoms with Gasteiger partial charge >= 0.3 is 5.97 Å². The van der Waals surface area contributed by atoms with Crippen LogP contribution >= 0.6 is 0 Å². The second-order valence-electron chi connectivity index (χ2n) is 4.60. The molecule has 1 aromatic carbocycles. The Balaban J connectivity index is 2.09. The molecule has 3 rings (SSSR count). The number of hydrogen-bond donors (Lipinski definition) is 0. The van der Waals surface area contributed by atoms with Crippen LogP contribution in [0.3, 0.4) is 0 Å². The number of carbonyl (C=O) groups is 1. The summed E-state index contributed by atoms with van der Waals surface area (Å²) in [6, 6.07) is 8.25. The molecule has 1 aromatic heterocycles. The molecule has 0 saturated carbocycles. The monoisotopic (exact) mass is 256 g/mol. The lowest BCUT2D eigenvalue weighted by Crippen LogP contribution is -2.12. The summed E-state index contributed by atoms with van der Waals surface area (Å²) in [5, 5.41) is 0. The molecule has 2 heterocycles. The van der Waals surface area contributed by atoms with Gasteiger partial charge < -0.3 is 9.30 Å². The van der Waals surface area contributed by atoms with Crippen molar-refractivity contribution < 1.29 is 9.53 Å². The van der Waals surface area contributed by atoms with Gasteiger partial charge in [-0.1, -0.05) is 24.3 Å². The van der Waals surface area contributed by atoms with Crippen LogP contribution < -0.4 is 0 Å². The molecule has 19 heavy (non-hydrogen) atoms. The van der Waals surface area contributed by atoms with E-state index in [1.165, 1.54) is 5.56 Å². The van der Waals surface area contributed by atoms with Crippen molar-refractivity contribution in [1.29, 1.82) is 0 Å². The molecular formula is C15H16N2O2. The van der Waals surface area contributed by atoms with Crippen LogP contribution in [0.4, 0.5) is 0 Å². The Morgan fingerprint density at radius 3 is 3.11 bits per heavy atom. The fraction of sp³-hybridized carbons (Fsp3) is 0.333. The number of nitrogens with zero attached hydrogens (tertiary/aromatic N) is 2. The summed E-state index contributed by atoms with van der Waals surface area (Å²) in [7, 11) is 0. The van der Waals surface area contributed by atoms with Crippen LogP contribution in [0.2, 0.25) is 0 Å². The number of esters is 1. The van der Waals surface area contributed by atoms with Crippen molar-refractivity contribution in [2.75, 3.05) is 6.61 Å². The van der Waals surface area contributed by atoms with Crippen LogP contribution in [0.1, 0.15) is 29.4 Å². The molecule has 0 bridgehead atoms. The highest BCUT2D eigenvalue weighted by Crippen LogP contribution is 2.28. The van der Waals surface area contributed by atoms with Crippen LogP contribution in [0.5, 0.6) is 0 Å². The first-order valence-electron chi connectivity index (χ1n) is 6.62. The number of carbonyl (C=O) groups excluding carboxylic acids is 1. The van der Waals surface area contributed by atoms with Gasteiger partial charge in [0.05, 0.1) is 12.8 Å². The summed E-state index contributed by atoms with van der Waals surface area (Å²) >= 11 is 0. The number of rotatable bonds is 2. The number of imidazole rings is 1. The van der Waals surface area contributed by atoms with E-state index in [2.05, 4.69) is 17.1 Å². The Hall–Kier alpha value is -2.10. The van der Waals surface area contributed by atoms with E-state index in [0.29, 0.717) is 12.3 Å². The van der Waals surface area contributed by atoms with E-state index in [1.807, 2.05) is 23.6 Å². The van der Waals surface area contributed by atoms with Gasteiger partial charge in [0, 0.05) is 12.1 Å². The number of aromatic nitrogens is 2. The van der Waals surface area contributed by atoms with Crippen LogP contribution in [0.25, 0.3) is 11.4 Å². The van der Waals surface area contributed by atoms with Gasteiger partial charge in [-0.15, -0.1) is 0 Å². The van der Waals surface area contributed by atoms with E-state index in [9.17, 15) is 4.79 Å². The van der Waals surface area contributed by atoms with Crippen LogP contribution in [0, 0.1) is 0 Å². The standard InChI is InChI=1S/C15H16N2O2/c1-2-19-15(18)13-10-16-14-12-8-4-3-6-11(12)7-5-9-17(13)14/h3-4,6,8,10H,2,5,7,9H2,1H3. The molecule has 0 radical (unpaired) electrons. The minimum Gasteiger partial charge on any atom is -0.461 e. The summed E-state index contributed by atoms with van der Waals surface area (Å²) < 4.78 is 7.06. The van der Waals surface area contributed by atoms with E-state index >= 15 is 0 Å². The Morgan fingerprint density at radius 1 is 1.42 bits per heavy atom. The number of benzene rings is 1. The Morgan fingerprint density at radius 2 is 2.26 bits per heavy atom. The highest BCUT2D eigenvalue weighted by molar-refractivity contribution is 5.88. The lowest BCUT2D eigenvalue weighted by molar-refractivity contribution is 0.0514. The second kappa shape index (κ2) is 4.88. The Kier molecular flexibility index (Phi) is 3.07. The average molecular weight is 256 g/mol. The molecule has 1 aliphatic rings. The molecule has 2 aromatic rings. The van der Waals surface area contributed by atoms with Gasteiger partial charge in [0.15, 0.2) is 0 Å².